The fourth-order valence-corrected chi connectivity index (χ4v) is 3.58. The van der Waals surface area contributed by atoms with E-state index in [1.807, 2.05) is 6.07 Å². The number of amides is 1. The van der Waals surface area contributed by atoms with Gasteiger partial charge >= 0.3 is 0 Å². The smallest absolute Gasteiger partial charge is 0.265 e. The predicted molar refractivity (Wildman–Crippen MR) is 78.2 cm³/mol. The number of halogens is 1. The second kappa shape index (κ2) is 5.31. The number of aromatic nitrogens is 1. The molecule has 3 nitrogen and oxygen atoms in total. The van der Waals surface area contributed by atoms with Crippen LogP contribution in [-0.2, 0) is 12.8 Å². The molecule has 1 aliphatic rings. The standard InChI is InChI=1S/C14H13ClN2OS/c15-13-10(5-3-7-16-13)17-14(18)12-8-9-4-1-2-6-11(9)19-12/h3,5,7-8H,1-2,4,6H2,(H,17,18). The van der Waals surface area contributed by atoms with Crippen LogP contribution in [0.25, 0.3) is 0 Å². The number of carbonyl (C=O) groups is 1. The molecule has 1 aliphatic carbocycles. The van der Waals surface area contributed by atoms with Gasteiger partial charge in [-0.15, -0.1) is 11.3 Å². The fraction of sp³-hybridized carbons (Fsp3) is 0.286. The third-order valence-electron chi connectivity index (χ3n) is 3.23. The largest absolute Gasteiger partial charge is 0.319 e. The molecule has 3 rings (SSSR count). The van der Waals surface area contributed by atoms with Crippen LogP contribution in [0.3, 0.4) is 0 Å². The van der Waals surface area contributed by atoms with Crippen molar-refractivity contribution in [3.8, 4) is 0 Å². The van der Waals surface area contributed by atoms with Gasteiger partial charge in [0.2, 0.25) is 0 Å². The molecule has 5 heteroatoms. The van der Waals surface area contributed by atoms with E-state index in [4.69, 9.17) is 11.6 Å². The maximum Gasteiger partial charge on any atom is 0.265 e. The number of hydrogen-bond acceptors (Lipinski definition) is 3. The Morgan fingerprint density at radius 1 is 1.37 bits per heavy atom. The van der Waals surface area contributed by atoms with E-state index >= 15 is 0 Å². The van der Waals surface area contributed by atoms with E-state index in [9.17, 15) is 4.79 Å². The number of pyridine rings is 1. The zero-order valence-corrected chi connectivity index (χ0v) is 11.9. The molecule has 0 spiro atoms. The lowest BCUT2D eigenvalue weighted by molar-refractivity contribution is 0.103. The second-order valence-corrected chi connectivity index (χ2v) is 6.06. The summed E-state index contributed by atoms with van der Waals surface area (Å²) < 4.78 is 0. The van der Waals surface area contributed by atoms with Crippen molar-refractivity contribution in [3.63, 3.8) is 0 Å². The maximum atomic E-state index is 12.2. The highest BCUT2D eigenvalue weighted by molar-refractivity contribution is 7.14. The highest BCUT2D eigenvalue weighted by atomic mass is 35.5. The van der Waals surface area contributed by atoms with Gasteiger partial charge < -0.3 is 5.32 Å². The third-order valence-corrected chi connectivity index (χ3v) is 4.76. The van der Waals surface area contributed by atoms with Crippen LogP contribution in [0.2, 0.25) is 5.15 Å². The molecule has 0 atom stereocenters. The maximum absolute atomic E-state index is 12.2. The molecule has 0 bridgehead atoms. The SMILES string of the molecule is O=C(Nc1cccnc1Cl)c1cc2c(s1)CCCC2. The quantitative estimate of drug-likeness (QED) is 0.852. The second-order valence-electron chi connectivity index (χ2n) is 4.56. The Morgan fingerprint density at radius 2 is 2.21 bits per heavy atom. The summed E-state index contributed by atoms with van der Waals surface area (Å²) in [7, 11) is 0. The monoisotopic (exact) mass is 292 g/mol. The highest BCUT2D eigenvalue weighted by Gasteiger charge is 2.17. The first-order chi connectivity index (χ1) is 9.24. The Bertz CT molecular complexity index is 600. The third kappa shape index (κ3) is 2.65. The summed E-state index contributed by atoms with van der Waals surface area (Å²) in [6.07, 6.45) is 6.23. The van der Waals surface area contributed by atoms with Crippen LogP contribution in [-0.4, -0.2) is 10.9 Å². The number of carbonyl (C=O) groups excluding carboxylic acids is 1. The number of fused-ring (bicyclic) bond motifs is 1. The molecule has 0 aromatic carbocycles. The molecule has 0 radical (unpaired) electrons. The lowest BCUT2D eigenvalue weighted by atomic mass is 9.99. The lowest BCUT2D eigenvalue weighted by Gasteiger charge is -2.08. The molecule has 2 heterocycles. The molecule has 19 heavy (non-hydrogen) atoms. The van der Waals surface area contributed by atoms with E-state index in [1.54, 1.807) is 29.7 Å². The molecule has 2 aromatic rings. The van der Waals surface area contributed by atoms with Crippen LogP contribution in [0.1, 0.15) is 33.0 Å². The first-order valence-electron chi connectivity index (χ1n) is 6.27. The predicted octanol–water partition coefficient (Wildman–Crippen LogP) is 3.93. The van der Waals surface area contributed by atoms with Crippen LogP contribution in [0.5, 0.6) is 0 Å². The van der Waals surface area contributed by atoms with Crippen molar-refractivity contribution in [2.75, 3.05) is 5.32 Å². The molecule has 2 aromatic heterocycles. The molecule has 98 valence electrons. The van der Waals surface area contributed by atoms with Gasteiger partial charge in [0.25, 0.3) is 5.91 Å². The highest BCUT2D eigenvalue weighted by Crippen LogP contribution is 2.30. The molecule has 1 amide bonds. The number of anilines is 1. The minimum atomic E-state index is -0.103. The van der Waals surface area contributed by atoms with Crippen molar-refractivity contribution in [3.05, 3.63) is 44.9 Å². The van der Waals surface area contributed by atoms with Gasteiger partial charge in [0.1, 0.15) is 0 Å². The summed E-state index contributed by atoms with van der Waals surface area (Å²) in [5.41, 5.74) is 1.89. The summed E-state index contributed by atoms with van der Waals surface area (Å²) in [6, 6.07) is 5.51. The normalized spacial score (nSPS) is 13.9. The van der Waals surface area contributed by atoms with Crippen molar-refractivity contribution < 1.29 is 4.79 Å². The van der Waals surface area contributed by atoms with Gasteiger partial charge in [-0.3, -0.25) is 4.79 Å². The average molecular weight is 293 g/mol. The van der Waals surface area contributed by atoms with Gasteiger partial charge in [-0.25, -0.2) is 4.98 Å². The van der Waals surface area contributed by atoms with Gasteiger partial charge in [0, 0.05) is 11.1 Å². The van der Waals surface area contributed by atoms with Crippen molar-refractivity contribution >= 4 is 34.5 Å². The summed E-state index contributed by atoms with van der Waals surface area (Å²) >= 11 is 7.53. The Balaban J connectivity index is 1.81. The van der Waals surface area contributed by atoms with E-state index in [-0.39, 0.29) is 5.91 Å². The summed E-state index contributed by atoms with van der Waals surface area (Å²) in [4.78, 5) is 18.3. The minimum absolute atomic E-state index is 0.103. The summed E-state index contributed by atoms with van der Waals surface area (Å²) in [5.74, 6) is -0.103. The Morgan fingerprint density at radius 3 is 3.00 bits per heavy atom. The van der Waals surface area contributed by atoms with Crippen LogP contribution in [0, 0.1) is 0 Å². The molecule has 0 aliphatic heterocycles. The first kappa shape index (κ1) is 12.6. The summed E-state index contributed by atoms with van der Waals surface area (Å²) in [6.45, 7) is 0. The number of aryl methyl sites for hydroxylation is 2. The molecule has 0 saturated heterocycles. The number of thiophene rings is 1. The summed E-state index contributed by atoms with van der Waals surface area (Å²) in [5, 5.41) is 3.13. The van der Waals surface area contributed by atoms with E-state index in [2.05, 4.69) is 10.3 Å². The number of rotatable bonds is 2. The van der Waals surface area contributed by atoms with Crippen molar-refractivity contribution in [2.45, 2.75) is 25.7 Å². The molecular formula is C14H13ClN2OS. The number of nitrogens with zero attached hydrogens (tertiary/aromatic N) is 1. The number of nitrogens with one attached hydrogen (secondary N) is 1. The molecular weight excluding hydrogens is 280 g/mol. The van der Waals surface area contributed by atoms with E-state index in [0.29, 0.717) is 10.8 Å². The Kier molecular flexibility index (Phi) is 3.53. The molecule has 1 N–H and O–H groups in total. The van der Waals surface area contributed by atoms with Crippen LogP contribution in [0.4, 0.5) is 5.69 Å². The van der Waals surface area contributed by atoms with Gasteiger partial charge in [-0.1, -0.05) is 11.6 Å². The zero-order valence-electron chi connectivity index (χ0n) is 10.3. The fourth-order valence-electron chi connectivity index (χ4n) is 2.27. The average Bonchev–Trinajstić information content (AvgIpc) is 2.85. The van der Waals surface area contributed by atoms with Crippen LogP contribution < -0.4 is 5.32 Å². The molecule has 0 fully saturated rings. The molecule has 0 unspecified atom stereocenters. The minimum Gasteiger partial charge on any atom is -0.319 e. The van der Waals surface area contributed by atoms with Crippen LogP contribution in [0.15, 0.2) is 24.4 Å². The van der Waals surface area contributed by atoms with Crippen molar-refractivity contribution in [2.24, 2.45) is 0 Å². The van der Waals surface area contributed by atoms with Crippen molar-refractivity contribution in [1.82, 2.24) is 4.98 Å². The van der Waals surface area contributed by atoms with Gasteiger partial charge in [0.05, 0.1) is 10.6 Å². The van der Waals surface area contributed by atoms with Crippen LogP contribution >= 0.6 is 22.9 Å². The Labute approximate surface area is 120 Å². The zero-order chi connectivity index (χ0) is 13.2. The number of hydrogen-bond donors (Lipinski definition) is 1. The van der Waals surface area contributed by atoms with E-state index in [1.165, 1.54) is 23.3 Å². The lowest BCUT2D eigenvalue weighted by Crippen LogP contribution is -2.10. The van der Waals surface area contributed by atoms with E-state index < -0.39 is 0 Å². The van der Waals surface area contributed by atoms with Gasteiger partial charge in [-0.2, -0.15) is 0 Å². The first-order valence-corrected chi connectivity index (χ1v) is 7.47. The van der Waals surface area contributed by atoms with Gasteiger partial charge in [0.15, 0.2) is 5.15 Å². The van der Waals surface area contributed by atoms with Gasteiger partial charge in [-0.05, 0) is 49.4 Å². The Hall–Kier alpha value is -1.39. The van der Waals surface area contributed by atoms with Crippen molar-refractivity contribution in [1.29, 1.82) is 0 Å². The molecule has 0 saturated carbocycles. The topological polar surface area (TPSA) is 42.0 Å². The van der Waals surface area contributed by atoms with E-state index in [0.717, 1.165) is 17.7 Å².